The molecule has 23 heavy (non-hydrogen) atoms. The van der Waals surface area contributed by atoms with Crippen molar-refractivity contribution in [1.82, 2.24) is 20.4 Å². The van der Waals surface area contributed by atoms with E-state index < -0.39 is 0 Å². The summed E-state index contributed by atoms with van der Waals surface area (Å²) in [7, 11) is 0. The summed E-state index contributed by atoms with van der Waals surface area (Å²) in [5.74, 6) is 0.785. The highest BCUT2D eigenvalue weighted by Crippen LogP contribution is 2.22. The van der Waals surface area contributed by atoms with Crippen LogP contribution in [0.1, 0.15) is 36.0 Å². The van der Waals surface area contributed by atoms with Gasteiger partial charge in [0.25, 0.3) is 5.91 Å². The number of hydrogen-bond acceptors (Lipinski definition) is 5. The number of rotatable bonds is 4. The molecule has 1 N–H and O–H groups in total. The van der Waals surface area contributed by atoms with Gasteiger partial charge in [-0.2, -0.15) is 0 Å². The van der Waals surface area contributed by atoms with E-state index in [4.69, 9.17) is 4.42 Å². The van der Waals surface area contributed by atoms with E-state index in [1.165, 1.54) is 0 Å². The molecular formula is C17H22N4O2. The molecule has 122 valence electrons. The minimum atomic E-state index is -0.0839. The minimum absolute atomic E-state index is 0.0839. The number of carbonyl (C=O) groups excluding carboxylic acids is 1. The van der Waals surface area contributed by atoms with E-state index in [0.29, 0.717) is 22.9 Å². The number of amides is 1. The number of benzene rings is 1. The lowest BCUT2D eigenvalue weighted by molar-refractivity contribution is 0.0906. The van der Waals surface area contributed by atoms with Crippen LogP contribution < -0.4 is 5.32 Å². The summed E-state index contributed by atoms with van der Waals surface area (Å²) in [4.78, 5) is 15.1. The van der Waals surface area contributed by atoms with Crippen LogP contribution in [0.3, 0.4) is 0 Å². The summed E-state index contributed by atoms with van der Waals surface area (Å²) in [6, 6.07) is 7.53. The standard InChI is InChI=1S/C17H22N4O2/c1-3-21-10-6-7-13(11-21)18-16(22)14-8-4-5-9-15(14)17-20-19-12(2)23-17/h4-5,8-9,13H,3,6-7,10-11H2,1-2H3,(H,18,22)/t13-/m0/s1. The van der Waals surface area contributed by atoms with Crippen molar-refractivity contribution in [2.75, 3.05) is 19.6 Å². The molecule has 6 heteroatoms. The normalized spacial score (nSPS) is 18.8. The Morgan fingerprint density at radius 2 is 2.22 bits per heavy atom. The highest BCUT2D eigenvalue weighted by Gasteiger charge is 2.23. The maximum atomic E-state index is 12.7. The van der Waals surface area contributed by atoms with Gasteiger partial charge in [0.1, 0.15) is 0 Å². The van der Waals surface area contributed by atoms with Gasteiger partial charge in [0, 0.05) is 19.5 Å². The molecule has 0 bridgehead atoms. The zero-order valence-electron chi connectivity index (χ0n) is 13.6. The number of nitrogens with zero attached hydrogens (tertiary/aromatic N) is 3. The molecule has 2 heterocycles. The number of carbonyl (C=O) groups is 1. The molecule has 0 unspecified atom stereocenters. The molecule has 1 atom stereocenters. The third kappa shape index (κ3) is 3.59. The van der Waals surface area contributed by atoms with E-state index in [1.807, 2.05) is 18.2 Å². The second-order valence-electron chi connectivity index (χ2n) is 5.88. The molecule has 0 aliphatic carbocycles. The predicted octanol–water partition coefficient (Wildman–Crippen LogP) is 2.26. The highest BCUT2D eigenvalue weighted by atomic mass is 16.4. The van der Waals surface area contributed by atoms with Crippen LogP contribution in [0.4, 0.5) is 0 Å². The van der Waals surface area contributed by atoms with Crippen LogP contribution in [0.25, 0.3) is 11.5 Å². The van der Waals surface area contributed by atoms with Crippen LogP contribution in [-0.2, 0) is 0 Å². The quantitative estimate of drug-likeness (QED) is 0.937. The van der Waals surface area contributed by atoms with Gasteiger partial charge < -0.3 is 14.6 Å². The van der Waals surface area contributed by atoms with Crippen LogP contribution in [-0.4, -0.2) is 46.7 Å². The topological polar surface area (TPSA) is 71.3 Å². The van der Waals surface area contributed by atoms with Crippen LogP contribution >= 0.6 is 0 Å². The molecule has 0 radical (unpaired) electrons. The fourth-order valence-corrected chi connectivity index (χ4v) is 3.00. The molecular weight excluding hydrogens is 292 g/mol. The Bertz CT molecular complexity index is 683. The molecule has 6 nitrogen and oxygen atoms in total. The summed E-state index contributed by atoms with van der Waals surface area (Å²) in [6.07, 6.45) is 2.13. The van der Waals surface area contributed by atoms with Crippen LogP contribution in [0, 0.1) is 6.92 Å². The molecule has 1 aromatic carbocycles. The maximum absolute atomic E-state index is 12.7. The van der Waals surface area contributed by atoms with Crippen molar-refractivity contribution in [1.29, 1.82) is 0 Å². The number of likely N-dealkylation sites (N-methyl/N-ethyl adjacent to an activating group) is 1. The van der Waals surface area contributed by atoms with Crippen LogP contribution in [0.2, 0.25) is 0 Å². The molecule has 1 saturated heterocycles. The van der Waals surface area contributed by atoms with Crippen molar-refractivity contribution in [2.45, 2.75) is 32.7 Å². The van der Waals surface area contributed by atoms with E-state index in [9.17, 15) is 4.79 Å². The SMILES string of the molecule is CCN1CCC[C@H](NC(=O)c2ccccc2-c2nnc(C)o2)C1. The lowest BCUT2D eigenvalue weighted by Crippen LogP contribution is -2.47. The molecule has 0 spiro atoms. The summed E-state index contributed by atoms with van der Waals surface area (Å²) in [5, 5.41) is 11.0. The van der Waals surface area contributed by atoms with Gasteiger partial charge in [-0.1, -0.05) is 19.1 Å². The Labute approximate surface area is 135 Å². The van der Waals surface area contributed by atoms with E-state index in [1.54, 1.807) is 13.0 Å². The van der Waals surface area contributed by atoms with E-state index in [0.717, 1.165) is 32.5 Å². The molecule has 1 amide bonds. The summed E-state index contributed by atoms with van der Waals surface area (Å²) in [5.41, 5.74) is 1.25. The fourth-order valence-electron chi connectivity index (χ4n) is 3.00. The van der Waals surface area contributed by atoms with Crippen molar-refractivity contribution >= 4 is 5.91 Å². The first-order valence-corrected chi connectivity index (χ1v) is 8.10. The number of hydrogen-bond donors (Lipinski definition) is 1. The van der Waals surface area contributed by atoms with Gasteiger partial charge in [-0.15, -0.1) is 10.2 Å². The molecule has 3 rings (SSSR count). The lowest BCUT2D eigenvalue weighted by Gasteiger charge is -2.32. The average Bonchev–Trinajstić information content (AvgIpc) is 3.01. The summed E-state index contributed by atoms with van der Waals surface area (Å²) in [6.45, 7) is 6.92. The Morgan fingerprint density at radius 1 is 1.39 bits per heavy atom. The third-order valence-electron chi connectivity index (χ3n) is 4.22. The second-order valence-corrected chi connectivity index (χ2v) is 5.88. The van der Waals surface area contributed by atoms with E-state index in [2.05, 4.69) is 27.3 Å². The van der Waals surface area contributed by atoms with Gasteiger partial charge in [0.05, 0.1) is 11.1 Å². The molecule has 1 aromatic heterocycles. The van der Waals surface area contributed by atoms with Gasteiger partial charge in [0.15, 0.2) is 0 Å². The van der Waals surface area contributed by atoms with Crippen molar-refractivity contribution in [2.24, 2.45) is 0 Å². The molecule has 1 fully saturated rings. The first kappa shape index (κ1) is 15.7. The van der Waals surface area contributed by atoms with Crippen LogP contribution in [0.5, 0.6) is 0 Å². The van der Waals surface area contributed by atoms with Gasteiger partial charge in [0.2, 0.25) is 11.8 Å². The number of likely N-dealkylation sites (tertiary alicyclic amines) is 1. The first-order valence-electron chi connectivity index (χ1n) is 8.10. The Balaban J connectivity index is 1.77. The molecule has 1 aliphatic rings. The second kappa shape index (κ2) is 6.91. The number of aromatic nitrogens is 2. The Hall–Kier alpha value is -2.21. The zero-order chi connectivity index (χ0) is 16.2. The maximum Gasteiger partial charge on any atom is 0.252 e. The summed E-state index contributed by atoms with van der Waals surface area (Å²) >= 11 is 0. The van der Waals surface area contributed by atoms with Gasteiger partial charge in [-0.25, -0.2) is 0 Å². The van der Waals surface area contributed by atoms with Crippen molar-refractivity contribution in [3.8, 4) is 11.5 Å². The third-order valence-corrected chi connectivity index (χ3v) is 4.22. The first-order chi connectivity index (χ1) is 11.2. The monoisotopic (exact) mass is 314 g/mol. The van der Waals surface area contributed by atoms with Gasteiger partial charge in [-0.3, -0.25) is 4.79 Å². The predicted molar refractivity (Wildman–Crippen MR) is 87.1 cm³/mol. The lowest BCUT2D eigenvalue weighted by atomic mass is 10.0. The van der Waals surface area contributed by atoms with E-state index in [-0.39, 0.29) is 11.9 Å². The smallest absolute Gasteiger partial charge is 0.252 e. The van der Waals surface area contributed by atoms with Crippen molar-refractivity contribution < 1.29 is 9.21 Å². The van der Waals surface area contributed by atoms with E-state index >= 15 is 0 Å². The van der Waals surface area contributed by atoms with Crippen molar-refractivity contribution in [3.05, 3.63) is 35.7 Å². The Morgan fingerprint density at radius 3 is 2.96 bits per heavy atom. The highest BCUT2D eigenvalue weighted by molar-refractivity contribution is 6.00. The summed E-state index contributed by atoms with van der Waals surface area (Å²) < 4.78 is 5.47. The minimum Gasteiger partial charge on any atom is -0.421 e. The van der Waals surface area contributed by atoms with Gasteiger partial charge >= 0.3 is 0 Å². The van der Waals surface area contributed by atoms with Crippen LogP contribution in [0.15, 0.2) is 28.7 Å². The molecule has 0 saturated carbocycles. The molecule has 2 aromatic rings. The fraction of sp³-hybridized carbons (Fsp3) is 0.471. The molecule has 1 aliphatic heterocycles. The largest absolute Gasteiger partial charge is 0.421 e. The number of aryl methyl sites for hydroxylation is 1. The number of piperidine rings is 1. The zero-order valence-corrected chi connectivity index (χ0v) is 13.6. The van der Waals surface area contributed by atoms with Crippen molar-refractivity contribution in [3.63, 3.8) is 0 Å². The number of nitrogens with one attached hydrogen (secondary N) is 1. The Kier molecular flexibility index (Phi) is 4.71. The van der Waals surface area contributed by atoms with Gasteiger partial charge in [-0.05, 0) is 38.1 Å². The average molecular weight is 314 g/mol.